The third-order valence-corrected chi connectivity index (χ3v) is 0. The van der Waals surface area contributed by atoms with E-state index in [-0.39, 0.29) is 45.0 Å². The predicted molar refractivity (Wildman–Crippen MR) is 43.5 cm³/mol. The zero-order chi connectivity index (χ0) is 4.50. The fourth-order valence-corrected chi connectivity index (χ4v) is 0. The van der Waals surface area contributed by atoms with Gasteiger partial charge in [-0.1, -0.05) is 0 Å². The van der Waals surface area contributed by atoms with E-state index in [1.807, 2.05) is 0 Å². The van der Waals surface area contributed by atoms with E-state index < -0.39 is 11.5 Å². The van der Waals surface area contributed by atoms with Crippen LogP contribution >= 0.6 is 38.1 Å². The molecule has 0 radical (unpaired) electrons. The molecule has 10 heteroatoms. The number of rotatable bonds is 0. The van der Waals surface area contributed by atoms with E-state index in [0.29, 0.717) is 0 Å². The molecule has 0 aliphatic rings. The topological polar surface area (TPSA) is 140 Å². The van der Waals surface area contributed by atoms with E-state index >= 15 is 0 Å². The summed E-state index contributed by atoms with van der Waals surface area (Å²) < 4.78 is 0. The second kappa shape index (κ2) is 17.4. The van der Waals surface area contributed by atoms with Gasteiger partial charge < -0.3 is 24.6 Å². The van der Waals surface area contributed by atoms with Crippen LogP contribution in [0.1, 0.15) is 0 Å². The molecule has 0 aromatic heterocycles. The smallest absolute Gasteiger partial charge is 0 e. The van der Waals surface area contributed by atoms with Crippen molar-refractivity contribution in [1.29, 1.82) is 0 Å². The van der Waals surface area contributed by atoms with Crippen molar-refractivity contribution in [2.24, 2.45) is 0 Å². The van der Waals surface area contributed by atoms with Gasteiger partial charge in [-0.3, -0.25) is 0 Å². The molecule has 0 amide bonds. The molecule has 0 rings (SSSR count). The molecule has 0 heterocycles. The fourth-order valence-electron chi connectivity index (χ4n) is 0. The zero-order valence-electron chi connectivity index (χ0n) is 4.97. The van der Waals surface area contributed by atoms with Gasteiger partial charge in [0, 0.05) is 20.4 Å². The summed E-state index contributed by atoms with van der Waals surface area (Å²) in [5.41, 5.74) is 0. The maximum atomic E-state index is 4.98. The summed E-state index contributed by atoms with van der Waals surface area (Å²) in [4.78, 5) is 0. The van der Waals surface area contributed by atoms with Crippen molar-refractivity contribution in [3.05, 3.63) is 0 Å². The second-order valence-electron chi connectivity index (χ2n) is 0.271. The van der Waals surface area contributed by atoms with Gasteiger partial charge in [0.2, 0.25) is 0 Å². The molecular formula is H12Cl4N4Pd2. The van der Waals surface area contributed by atoms with E-state index in [2.05, 4.69) is 0 Å². The molecule has 12 N–H and O–H groups in total. The standard InChI is InChI=1S/4ClH.4H3N.2Pd/h4*1H;4*1H3;;/q;;;;;;;;;+4/p-4. The average molecular weight is 423 g/mol. The summed E-state index contributed by atoms with van der Waals surface area (Å²) in [7, 11) is 19.9. The largest absolute Gasteiger partial charge is 0 e. The molecule has 0 saturated carbocycles. The van der Waals surface area contributed by atoms with Gasteiger partial charge in [0.25, 0.3) is 0 Å². The first-order chi connectivity index (χ1) is 2.00. The molecule has 0 bridgehead atoms. The van der Waals surface area contributed by atoms with Crippen LogP contribution in [-0.4, -0.2) is 0 Å². The van der Waals surface area contributed by atoms with Crippen molar-refractivity contribution in [3.8, 4) is 0 Å². The van der Waals surface area contributed by atoms with Gasteiger partial charge in [-0.05, 0) is 0 Å². The Morgan fingerprint density at radius 1 is 0.600 bits per heavy atom. The summed E-state index contributed by atoms with van der Waals surface area (Å²) in [5, 5.41) is 0. The number of hydrogen-bond donors (Lipinski definition) is 4. The van der Waals surface area contributed by atoms with Crippen LogP contribution in [0.25, 0.3) is 0 Å². The minimum absolute atomic E-state index is 0. The van der Waals surface area contributed by atoms with Gasteiger partial charge in [0.1, 0.15) is 0 Å². The van der Waals surface area contributed by atoms with Crippen molar-refractivity contribution in [3.63, 3.8) is 0 Å². The van der Waals surface area contributed by atoms with Gasteiger partial charge >= 0.3 is 49.6 Å². The number of hydrogen-bond acceptors (Lipinski definition) is 4. The van der Waals surface area contributed by atoms with Crippen LogP contribution in [0.2, 0.25) is 0 Å². The monoisotopic (exact) mass is 420 g/mol. The van der Waals surface area contributed by atoms with E-state index in [4.69, 9.17) is 38.1 Å². The van der Waals surface area contributed by atoms with Crippen LogP contribution in [0.5, 0.6) is 0 Å². The van der Waals surface area contributed by atoms with E-state index in [9.17, 15) is 0 Å². The van der Waals surface area contributed by atoms with Crippen LogP contribution in [0.4, 0.5) is 0 Å². The van der Waals surface area contributed by atoms with Crippen molar-refractivity contribution in [2.45, 2.75) is 0 Å². The van der Waals surface area contributed by atoms with Crippen LogP contribution in [0, 0.1) is 0 Å². The van der Waals surface area contributed by atoms with Crippen molar-refractivity contribution < 1.29 is 31.9 Å². The molecule has 0 fully saturated rings. The predicted octanol–water partition coefficient (Wildman–Crippen LogP) is 3.40. The van der Waals surface area contributed by atoms with Crippen LogP contribution < -0.4 is 24.6 Å². The summed E-state index contributed by atoms with van der Waals surface area (Å²) in [5.74, 6) is 0. The maximum Gasteiger partial charge on any atom is 0 e. The first kappa shape index (κ1) is 39.5. The molecule has 10 heavy (non-hydrogen) atoms. The average Bonchev–Trinajstić information content (AvgIpc) is 0.722. The Morgan fingerprint density at radius 3 is 0.600 bits per heavy atom. The zero-order valence-corrected chi connectivity index (χ0v) is 11.1. The van der Waals surface area contributed by atoms with Crippen LogP contribution in [0.15, 0.2) is 0 Å². The minimum Gasteiger partial charge on any atom is 0 e. The summed E-state index contributed by atoms with van der Waals surface area (Å²) >= 11 is -2.81. The Balaban J connectivity index is -0.00000000800. The van der Waals surface area contributed by atoms with Gasteiger partial charge in [0.05, 0.1) is 0 Å². The van der Waals surface area contributed by atoms with E-state index in [1.54, 1.807) is 0 Å². The first-order valence-electron chi connectivity index (χ1n) is 0.478. The Morgan fingerprint density at radius 2 is 0.600 bits per heavy atom. The van der Waals surface area contributed by atoms with E-state index in [0.717, 1.165) is 0 Å². The second-order valence-corrected chi connectivity index (χ2v) is 14.4. The quantitative estimate of drug-likeness (QED) is 0.444. The van der Waals surface area contributed by atoms with Crippen molar-refractivity contribution in [1.82, 2.24) is 24.6 Å². The molecule has 0 atom stereocenters. The van der Waals surface area contributed by atoms with Crippen molar-refractivity contribution >= 4 is 38.1 Å². The third-order valence-electron chi connectivity index (χ3n) is 0. The molecule has 0 aromatic carbocycles. The molecule has 0 unspecified atom stereocenters. The minimum atomic E-state index is -2.81. The van der Waals surface area contributed by atoms with Gasteiger partial charge in [0.15, 0.2) is 0 Å². The fraction of sp³-hybridized carbons (Fsp3) is 0. The molecule has 4 nitrogen and oxygen atoms in total. The molecular weight excluding hydrogens is 411 g/mol. The number of halogens is 4. The maximum absolute atomic E-state index is 4.98. The Kier molecular flexibility index (Phi) is 68.8. The summed E-state index contributed by atoms with van der Waals surface area (Å²) in [6.07, 6.45) is 0. The molecule has 80 valence electrons. The molecule has 0 aromatic rings. The Hall–Kier alpha value is 2.32. The molecule has 0 aliphatic heterocycles. The summed E-state index contributed by atoms with van der Waals surface area (Å²) in [6, 6.07) is 0. The Bertz CT molecular complexity index is 30.7. The van der Waals surface area contributed by atoms with Crippen molar-refractivity contribution in [2.75, 3.05) is 0 Å². The molecule has 0 saturated heterocycles. The Labute approximate surface area is 93.6 Å². The van der Waals surface area contributed by atoms with Crippen LogP contribution in [0.3, 0.4) is 0 Å². The van der Waals surface area contributed by atoms with Crippen LogP contribution in [-0.2, 0) is 31.9 Å². The van der Waals surface area contributed by atoms with Gasteiger partial charge in [-0.15, -0.1) is 0 Å². The third kappa shape index (κ3) is 166. The SMILES string of the molecule is N.N.N.N.[Cl][Pd]([Cl])([Cl])[Cl].[Pd]. The molecule has 0 aliphatic carbocycles. The van der Waals surface area contributed by atoms with Gasteiger partial charge in [-0.25, -0.2) is 0 Å². The summed E-state index contributed by atoms with van der Waals surface area (Å²) in [6.45, 7) is 0. The normalized spacial score (nSPS) is 7.60. The first-order valence-corrected chi connectivity index (χ1v) is 8.49. The van der Waals surface area contributed by atoms with Gasteiger partial charge in [-0.2, -0.15) is 0 Å². The van der Waals surface area contributed by atoms with E-state index in [1.165, 1.54) is 0 Å². The molecule has 0 spiro atoms.